The summed E-state index contributed by atoms with van der Waals surface area (Å²) in [6.45, 7) is 3.83. The number of hydrogen-bond donors (Lipinski definition) is 1. The lowest BCUT2D eigenvalue weighted by atomic mass is 9.90. The molecule has 0 aliphatic carbocycles. The highest BCUT2D eigenvalue weighted by Gasteiger charge is 2.35. The van der Waals surface area contributed by atoms with Gasteiger partial charge in [0.1, 0.15) is 5.82 Å². The third kappa shape index (κ3) is 2.57. The Kier molecular flexibility index (Phi) is 3.73. The van der Waals surface area contributed by atoms with Gasteiger partial charge in [-0.15, -0.1) is 0 Å². The minimum atomic E-state index is -0.490. The van der Waals surface area contributed by atoms with Crippen LogP contribution in [0.2, 0.25) is 0 Å². The first-order chi connectivity index (χ1) is 8.45. The van der Waals surface area contributed by atoms with Crippen molar-refractivity contribution in [3.8, 4) is 0 Å². The van der Waals surface area contributed by atoms with Gasteiger partial charge < -0.3 is 10.6 Å². The number of halogens is 2. The summed E-state index contributed by atoms with van der Waals surface area (Å²) in [7, 11) is 0. The highest BCUT2D eigenvalue weighted by atomic mass is 79.9. The van der Waals surface area contributed by atoms with E-state index >= 15 is 0 Å². The Morgan fingerprint density at radius 1 is 1.61 bits per heavy atom. The highest BCUT2D eigenvalue weighted by molar-refractivity contribution is 9.10. The first-order valence-corrected chi connectivity index (χ1v) is 6.69. The molecule has 0 saturated carbocycles. The molecule has 0 bridgehead atoms. The van der Waals surface area contributed by atoms with E-state index in [0.717, 1.165) is 6.42 Å². The molecule has 1 fully saturated rings. The van der Waals surface area contributed by atoms with Crippen molar-refractivity contribution in [1.82, 2.24) is 4.90 Å². The molecular formula is C13H16BrFN2O. The van der Waals surface area contributed by atoms with Gasteiger partial charge in [0, 0.05) is 17.6 Å². The monoisotopic (exact) mass is 314 g/mol. The van der Waals surface area contributed by atoms with E-state index in [2.05, 4.69) is 22.9 Å². The number of carbonyl (C=O) groups is 1. The minimum absolute atomic E-state index is 0.0402. The fraction of sp³-hybridized carbons (Fsp3) is 0.462. The fourth-order valence-corrected chi connectivity index (χ4v) is 2.53. The fourth-order valence-electron chi connectivity index (χ4n) is 2.20. The van der Waals surface area contributed by atoms with Gasteiger partial charge in [0.2, 0.25) is 0 Å². The summed E-state index contributed by atoms with van der Waals surface area (Å²) in [5, 5.41) is 0. The van der Waals surface area contributed by atoms with Crippen LogP contribution >= 0.6 is 15.9 Å². The molecule has 1 unspecified atom stereocenters. The lowest BCUT2D eigenvalue weighted by Gasteiger charge is -2.22. The predicted octanol–water partition coefficient (Wildman–Crippen LogP) is 2.40. The van der Waals surface area contributed by atoms with Gasteiger partial charge >= 0.3 is 0 Å². The van der Waals surface area contributed by atoms with E-state index in [1.165, 1.54) is 12.1 Å². The van der Waals surface area contributed by atoms with Crippen molar-refractivity contribution in [2.45, 2.75) is 13.3 Å². The van der Waals surface area contributed by atoms with Gasteiger partial charge in [0.15, 0.2) is 0 Å². The maximum Gasteiger partial charge on any atom is 0.256 e. The van der Waals surface area contributed by atoms with E-state index in [-0.39, 0.29) is 16.9 Å². The molecule has 1 saturated heterocycles. The van der Waals surface area contributed by atoms with Crippen molar-refractivity contribution in [2.75, 3.05) is 19.6 Å². The second-order valence-electron chi connectivity index (χ2n) is 5.12. The van der Waals surface area contributed by atoms with E-state index < -0.39 is 5.82 Å². The van der Waals surface area contributed by atoms with E-state index in [4.69, 9.17) is 5.73 Å². The number of amides is 1. The number of carbonyl (C=O) groups excluding carboxylic acids is 1. The molecule has 0 radical (unpaired) electrons. The van der Waals surface area contributed by atoms with Gasteiger partial charge in [0.25, 0.3) is 5.91 Å². The summed E-state index contributed by atoms with van der Waals surface area (Å²) in [4.78, 5) is 13.9. The predicted molar refractivity (Wildman–Crippen MR) is 71.8 cm³/mol. The molecule has 1 amide bonds. The second-order valence-corrected chi connectivity index (χ2v) is 6.03. The van der Waals surface area contributed by atoms with Crippen LogP contribution in [0.15, 0.2) is 22.7 Å². The molecule has 2 rings (SSSR count). The van der Waals surface area contributed by atoms with Crippen LogP contribution in [0.1, 0.15) is 23.7 Å². The van der Waals surface area contributed by atoms with Gasteiger partial charge in [-0.1, -0.05) is 22.9 Å². The molecule has 1 aromatic rings. The maximum atomic E-state index is 13.7. The first-order valence-electron chi connectivity index (χ1n) is 5.90. The number of nitrogens with zero attached hydrogens (tertiary/aromatic N) is 1. The lowest BCUT2D eigenvalue weighted by Crippen LogP contribution is -2.34. The minimum Gasteiger partial charge on any atom is -0.338 e. The van der Waals surface area contributed by atoms with E-state index in [0.29, 0.717) is 24.1 Å². The third-order valence-corrected chi connectivity index (χ3v) is 3.99. The number of rotatable bonds is 2. The van der Waals surface area contributed by atoms with Gasteiger partial charge in [-0.2, -0.15) is 0 Å². The van der Waals surface area contributed by atoms with Crippen molar-refractivity contribution in [3.05, 3.63) is 34.1 Å². The maximum absolute atomic E-state index is 13.7. The quantitative estimate of drug-likeness (QED) is 0.911. The van der Waals surface area contributed by atoms with Crippen LogP contribution < -0.4 is 5.73 Å². The molecule has 1 aliphatic heterocycles. The summed E-state index contributed by atoms with van der Waals surface area (Å²) in [6, 6.07) is 4.50. The number of nitrogens with two attached hydrogens (primary N) is 1. The lowest BCUT2D eigenvalue weighted by molar-refractivity contribution is 0.0772. The van der Waals surface area contributed by atoms with Crippen molar-refractivity contribution >= 4 is 21.8 Å². The Morgan fingerprint density at radius 2 is 2.33 bits per heavy atom. The molecule has 3 nitrogen and oxygen atoms in total. The molecule has 98 valence electrons. The summed E-state index contributed by atoms with van der Waals surface area (Å²) in [5.74, 6) is -0.743. The molecule has 1 aromatic carbocycles. The van der Waals surface area contributed by atoms with Crippen LogP contribution in [0, 0.1) is 11.2 Å². The Morgan fingerprint density at radius 3 is 2.89 bits per heavy atom. The average molecular weight is 315 g/mol. The largest absolute Gasteiger partial charge is 0.338 e. The molecule has 2 N–H and O–H groups in total. The number of benzene rings is 1. The number of hydrogen-bond acceptors (Lipinski definition) is 2. The van der Waals surface area contributed by atoms with Gasteiger partial charge in [-0.3, -0.25) is 4.79 Å². The summed E-state index contributed by atoms with van der Waals surface area (Å²) in [5.41, 5.74) is 5.78. The first kappa shape index (κ1) is 13.5. The molecule has 0 aromatic heterocycles. The Hall–Kier alpha value is -0.940. The van der Waals surface area contributed by atoms with Crippen LogP contribution in [0.4, 0.5) is 4.39 Å². The average Bonchev–Trinajstić information content (AvgIpc) is 2.72. The summed E-state index contributed by atoms with van der Waals surface area (Å²) < 4.78 is 14.4. The van der Waals surface area contributed by atoms with Crippen LogP contribution in [-0.4, -0.2) is 30.4 Å². The van der Waals surface area contributed by atoms with E-state index in [9.17, 15) is 9.18 Å². The Labute approximate surface area is 114 Å². The zero-order valence-corrected chi connectivity index (χ0v) is 11.8. The normalized spacial score (nSPS) is 23.4. The van der Waals surface area contributed by atoms with Crippen molar-refractivity contribution in [3.63, 3.8) is 0 Å². The second kappa shape index (κ2) is 4.97. The highest BCUT2D eigenvalue weighted by Crippen LogP contribution is 2.30. The van der Waals surface area contributed by atoms with Crippen LogP contribution in [0.25, 0.3) is 0 Å². The standard InChI is InChI=1S/C13H16BrFN2O/c1-13(7-16)4-5-17(8-13)12(18)10-3-2-9(14)6-11(10)15/h2-3,6H,4-5,7-8,16H2,1H3. The van der Waals surface area contributed by atoms with Crippen LogP contribution in [0.3, 0.4) is 0 Å². The summed E-state index contributed by atoms with van der Waals surface area (Å²) in [6.07, 6.45) is 0.868. The SMILES string of the molecule is CC1(CN)CCN(C(=O)c2ccc(Br)cc2F)C1. The molecule has 0 spiro atoms. The van der Waals surface area contributed by atoms with Gasteiger partial charge in [0.05, 0.1) is 5.56 Å². The molecule has 1 heterocycles. The third-order valence-electron chi connectivity index (χ3n) is 3.50. The Balaban J connectivity index is 2.18. The topological polar surface area (TPSA) is 46.3 Å². The summed E-state index contributed by atoms with van der Waals surface area (Å²) >= 11 is 3.18. The molecule has 1 atom stereocenters. The molecule has 5 heteroatoms. The van der Waals surface area contributed by atoms with Crippen LogP contribution in [-0.2, 0) is 0 Å². The van der Waals surface area contributed by atoms with Gasteiger partial charge in [-0.05, 0) is 36.6 Å². The van der Waals surface area contributed by atoms with Crippen molar-refractivity contribution in [1.29, 1.82) is 0 Å². The van der Waals surface area contributed by atoms with E-state index in [1.54, 1.807) is 11.0 Å². The van der Waals surface area contributed by atoms with Crippen molar-refractivity contribution < 1.29 is 9.18 Å². The van der Waals surface area contributed by atoms with Crippen LogP contribution in [0.5, 0.6) is 0 Å². The Bertz CT molecular complexity index is 480. The zero-order valence-electron chi connectivity index (χ0n) is 10.2. The van der Waals surface area contributed by atoms with Gasteiger partial charge in [-0.25, -0.2) is 4.39 Å². The van der Waals surface area contributed by atoms with E-state index in [1.807, 2.05) is 0 Å². The number of likely N-dealkylation sites (tertiary alicyclic amines) is 1. The molecule has 1 aliphatic rings. The molecule has 18 heavy (non-hydrogen) atoms. The molecular weight excluding hydrogens is 299 g/mol. The smallest absolute Gasteiger partial charge is 0.256 e. The zero-order chi connectivity index (χ0) is 13.3. The van der Waals surface area contributed by atoms with Crippen molar-refractivity contribution in [2.24, 2.45) is 11.1 Å².